The third-order valence-corrected chi connectivity index (χ3v) is 4.97. The Kier molecular flexibility index (Phi) is 6.93. The molecular formula is C16H29N3OS. The van der Waals surface area contributed by atoms with Gasteiger partial charge in [0.1, 0.15) is 0 Å². The normalized spacial score (nSPS) is 14.6. The van der Waals surface area contributed by atoms with Crippen LogP contribution >= 0.6 is 11.3 Å². The van der Waals surface area contributed by atoms with Gasteiger partial charge in [-0.3, -0.25) is 0 Å². The molecule has 21 heavy (non-hydrogen) atoms. The maximum Gasteiger partial charge on any atom is 0.185 e. The largest absolute Gasteiger partial charge is 0.383 e. The molecule has 0 radical (unpaired) electrons. The van der Waals surface area contributed by atoms with Crippen LogP contribution in [0, 0.1) is 5.92 Å². The Morgan fingerprint density at radius 1 is 1.38 bits per heavy atom. The van der Waals surface area contributed by atoms with E-state index in [9.17, 15) is 0 Å². The predicted octanol–water partition coefficient (Wildman–Crippen LogP) is 3.07. The molecule has 0 atom stereocenters. The SMILES string of the molecule is CCCN(CC1CC1)c1nc(CC)c(CNCCOC)s1. The number of aryl methyl sites for hydroxylation is 1. The first-order valence-corrected chi connectivity index (χ1v) is 9.03. The van der Waals surface area contributed by atoms with Gasteiger partial charge in [-0.15, -0.1) is 11.3 Å². The summed E-state index contributed by atoms with van der Waals surface area (Å²) < 4.78 is 5.08. The van der Waals surface area contributed by atoms with Gasteiger partial charge in [0, 0.05) is 38.2 Å². The molecule has 1 fully saturated rings. The maximum absolute atomic E-state index is 5.08. The molecule has 5 heteroatoms. The van der Waals surface area contributed by atoms with Gasteiger partial charge in [0.2, 0.25) is 0 Å². The molecule has 1 aromatic rings. The third kappa shape index (κ3) is 5.24. The van der Waals surface area contributed by atoms with E-state index in [-0.39, 0.29) is 0 Å². The summed E-state index contributed by atoms with van der Waals surface area (Å²) in [4.78, 5) is 8.79. The van der Waals surface area contributed by atoms with Crippen molar-refractivity contribution in [1.29, 1.82) is 0 Å². The standard InChI is InChI=1S/C16H29N3OS/c1-4-9-19(12-13-6-7-13)16-18-14(5-2)15(21-16)11-17-8-10-20-3/h13,17H,4-12H2,1-3H3. The summed E-state index contributed by atoms with van der Waals surface area (Å²) in [5.74, 6) is 0.911. The van der Waals surface area contributed by atoms with Crippen LogP contribution in [0.1, 0.15) is 43.7 Å². The minimum atomic E-state index is 0.761. The molecule has 0 amide bonds. The van der Waals surface area contributed by atoms with E-state index in [0.717, 1.165) is 38.6 Å². The highest BCUT2D eigenvalue weighted by molar-refractivity contribution is 7.15. The zero-order valence-corrected chi connectivity index (χ0v) is 14.5. The van der Waals surface area contributed by atoms with Crippen molar-refractivity contribution in [3.63, 3.8) is 0 Å². The lowest BCUT2D eigenvalue weighted by Crippen LogP contribution is -2.26. The number of aromatic nitrogens is 1. The molecule has 0 bridgehead atoms. The van der Waals surface area contributed by atoms with E-state index in [2.05, 4.69) is 24.1 Å². The minimum Gasteiger partial charge on any atom is -0.383 e. The fourth-order valence-electron chi connectivity index (χ4n) is 2.44. The molecule has 4 nitrogen and oxygen atoms in total. The van der Waals surface area contributed by atoms with Crippen LogP contribution < -0.4 is 10.2 Å². The van der Waals surface area contributed by atoms with Gasteiger partial charge < -0.3 is 15.0 Å². The van der Waals surface area contributed by atoms with Crippen molar-refractivity contribution >= 4 is 16.5 Å². The van der Waals surface area contributed by atoms with E-state index in [4.69, 9.17) is 9.72 Å². The fourth-order valence-corrected chi connectivity index (χ4v) is 3.60. The van der Waals surface area contributed by atoms with E-state index >= 15 is 0 Å². The van der Waals surface area contributed by atoms with Gasteiger partial charge in [-0.1, -0.05) is 13.8 Å². The van der Waals surface area contributed by atoms with Gasteiger partial charge in [-0.2, -0.15) is 0 Å². The second kappa shape index (κ2) is 8.71. The number of hydrogen-bond donors (Lipinski definition) is 1. The van der Waals surface area contributed by atoms with E-state index in [0.29, 0.717) is 0 Å². The molecule has 1 saturated carbocycles. The number of nitrogens with one attached hydrogen (secondary N) is 1. The molecule has 0 aliphatic heterocycles. The first kappa shape index (κ1) is 16.7. The van der Waals surface area contributed by atoms with Gasteiger partial charge in [0.05, 0.1) is 12.3 Å². The van der Waals surface area contributed by atoms with Crippen molar-refractivity contribution in [1.82, 2.24) is 10.3 Å². The fraction of sp³-hybridized carbons (Fsp3) is 0.812. The summed E-state index contributed by atoms with van der Waals surface area (Å²) >= 11 is 1.87. The second-order valence-electron chi connectivity index (χ2n) is 5.78. The van der Waals surface area contributed by atoms with Crippen molar-refractivity contribution in [3.8, 4) is 0 Å². The van der Waals surface area contributed by atoms with Crippen LogP contribution in [0.3, 0.4) is 0 Å². The summed E-state index contributed by atoms with van der Waals surface area (Å²) in [5, 5.41) is 4.67. The molecule has 120 valence electrons. The highest BCUT2D eigenvalue weighted by atomic mass is 32.1. The Morgan fingerprint density at radius 3 is 2.81 bits per heavy atom. The van der Waals surface area contributed by atoms with E-state index in [1.54, 1.807) is 7.11 Å². The quantitative estimate of drug-likeness (QED) is 0.637. The predicted molar refractivity (Wildman–Crippen MR) is 90.3 cm³/mol. The molecule has 1 N–H and O–H groups in total. The topological polar surface area (TPSA) is 37.4 Å². The van der Waals surface area contributed by atoms with Crippen LogP contribution in [0.15, 0.2) is 0 Å². The van der Waals surface area contributed by atoms with Crippen LogP contribution in [0.2, 0.25) is 0 Å². The van der Waals surface area contributed by atoms with Crippen molar-refractivity contribution < 1.29 is 4.74 Å². The summed E-state index contributed by atoms with van der Waals surface area (Å²) in [6, 6.07) is 0. The smallest absolute Gasteiger partial charge is 0.185 e. The first-order valence-electron chi connectivity index (χ1n) is 8.21. The lowest BCUT2D eigenvalue weighted by atomic mass is 10.3. The Labute approximate surface area is 132 Å². The van der Waals surface area contributed by atoms with Gasteiger partial charge >= 0.3 is 0 Å². The van der Waals surface area contributed by atoms with Crippen molar-refractivity contribution in [3.05, 3.63) is 10.6 Å². The van der Waals surface area contributed by atoms with Crippen molar-refractivity contribution in [2.24, 2.45) is 5.92 Å². The second-order valence-corrected chi connectivity index (χ2v) is 6.84. The molecule has 1 aromatic heterocycles. The van der Waals surface area contributed by atoms with E-state index < -0.39 is 0 Å². The van der Waals surface area contributed by atoms with Crippen LogP contribution in [0.4, 0.5) is 5.13 Å². The summed E-state index contributed by atoms with van der Waals surface area (Å²) in [6.07, 6.45) is 5.01. The van der Waals surface area contributed by atoms with Gasteiger partial charge in [-0.25, -0.2) is 4.98 Å². The first-order chi connectivity index (χ1) is 10.3. The van der Waals surface area contributed by atoms with Crippen LogP contribution in [-0.4, -0.2) is 38.3 Å². The Balaban J connectivity index is 1.98. The van der Waals surface area contributed by atoms with Crippen LogP contribution in [0.25, 0.3) is 0 Å². The third-order valence-electron chi connectivity index (χ3n) is 3.81. The summed E-state index contributed by atoms with van der Waals surface area (Å²) in [6.45, 7) is 9.34. The monoisotopic (exact) mass is 311 g/mol. The van der Waals surface area contributed by atoms with E-state index in [1.807, 2.05) is 11.3 Å². The van der Waals surface area contributed by atoms with Crippen LogP contribution in [0.5, 0.6) is 0 Å². The molecule has 0 saturated heterocycles. The lowest BCUT2D eigenvalue weighted by molar-refractivity contribution is 0.199. The maximum atomic E-state index is 5.08. The highest BCUT2D eigenvalue weighted by Gasteiger charge is 2.25. The number of rotatable bonds is 11. The van der Waals surface area contributed by atoms with Gasteiger partial charge in [0.25, 0.3) is 0 Å². The van der Waals surface area contributed by atoms with E-state index in [1.165, 1.54) is 41.5 Å². The van der Waals surface area contributed by atoms with Crippen molar-refractivity contribution in [2.75, 3.05) is 38.3 Å². The number of hydrogen-bond acceptors (Lipinski definition) is 5. The Morgan fingerprint density at radius 2 is 2.19 bits per heavy atom. The number of anilines is 1. The zero-order chi connectivity index (χ0) is 15.1. The molecule has 1 heterocycles. The van der Waals surface area contributed by atoms with Crippen LogP contribution in [-0.2, 0) is 17.7 Å². The van der Waals surface area contributed by atoms with Gasteiger partial charge in [-0.05, 0) is 31.6 Å². The summed E-state index contributed by atoms with van der Waals surface area (Å²) in [7, 11) is 1.74. The number of methoxy groups -OCH3 is 1. The number of nitrogens with zero attached hydrogens (tertiary/aromatic N) is 2. The molecule has 2 rings (SSSR count). The number of thiazole rings is 1. The Hall–Kier alpha value is -0.650. The Bertz CT molecular complexity index is 418. The molecule has 0 unspecified atom stereocenters. The molecule has 1 aliphatic carbocycles. The summed E-state index contributed by atoms with van der Waals surface area (Å²) in [5.41, 5.74) is 1.26. The average Bonchev–Trinajstić information content (AvgIpc) is 3.21. The molecule has 1 aliphatic rings. The molecule has 0 spiro atoms. The van der Waals surface area contributed by atoms with Gasteiger partial charge in [0.15, 0.2) is 5.13 Å². The lowest BCUT2D eigenvalue weighted by Gasteiger charge is -2.20. The zero-order valence-electron chi connectivity index (χ0n) is 13.7. The minimum absolute atomic E-state index is 0.761. The van der Waals surface area contributed by atoms with Crippen molar-refractivity contribution in [2.45, 2.75) is 46.1 Å². The molecular weight excluding hydrogens is 282 g/mol. The molecule has 0 aromatic carbocycles. The number of ether oxygens (including phenoxy) is 1. The highest BCUT2D eigenvalue weighted by Crippen LogP contribution is 2.34. The average molecular weight is 311 g/mol.